The first kappa shape index (κ1) is 17.4. The Balaban J connectivity index is 1.66. The quantitative estimate of drug-likeness (QED) is 0.474. The van der Waals surface area contributed by atoms with Gasteiger partial charge >= 0.3 is 0 Å². The first-order valence-corrected chi connectivity index (χ1v) is 8.42. The van der Waals surface area contributed by atoms with Crippen molar-refractivity contribution in [2.24, 2.45) is 5.16 Å². The predicted octanol–water partition coefficient (Wildman–Crippen LogP) is 4.27. The van der Waals surface area contributed by atoms with Gasteiger partial charge in [-0.15, -0.1) is 0 Å². The minimum absolute atomic E-state index is 0.120. The fourth-order valence-electron chi connectivity index (χ4n) is 2.51. The van der Waals surface area contributed by atoms with Crippen LogP contribution in [0.3, 0.4) is 0 Å². The van der Waals surface area contributed by atoms with Crippen LogP contribution in [0.15, 0.2) is 96.2 Å². The lowest BCUT2D eigenvalue weighted by Crippen LogP contribution is -2.33. The highest BCUT2D eigenvalue weighted by atomic mass is 16.6. The molecule has 4 nitrogen and oxygen atoms in total. The highest BCUT2D eigenvalue weighted by Gasteiger charge is 2.16. The molecule has 0 N–H and O–H groups in total. The minimum Gasteiger partial charge on any atom is -0.386 e. The number of oxime groups is 1. The zero-order chi connectivity index (χ0) is 18.0. The molecule has 0 fully saturated rings. The predicted molar refractivity (Wildman–Crippen MR) is 104 cm³/mol. The van der Waals surface area contributed by atoms with Crippen LogP contribution in [0.2, 0.25) is 0 Å². The van der Waals surface area contributed by atoms with Gasteiger partial charge in [-0.25, -0.2) is 0 Å². The second-order valence-corrected chi connectivity index (χ2v) is 5.72. The van der Waals surface area contributed by atoms with Crippen molar-refractivity contribution >= 4 is 17.8 Å². The summed E-state index contributed by atoms with van der Waals surface area (Å²) in [6.45, 7) is 0.362. The molecule has 3 rings (SSSR count). The monoisotopic (exact) mass is 344 g/mol. The van der Waals surface area contributed by atoms with Gasteiger partial charge in [0, 0.05) is 5.69 Å². The molecule has 0 aromatic heterocycles. The third kappa shape index (κ3) is 5.05. The van der Waals surface area contributed by atoms with Crippen LogP contribution in [-0.4, -0.2) is 18.7 Å². The summed E-state index contributed by atoms with van der Waals surface area (Å²) in [5, 5.41) is 3.89. The summed E-state index contributed by atoms with van der Waals surface area (Å²) in [7, 11) is 0. The van der Waals surface area contributed by atoms with Gasteiger partial charge in [0.25, 0.3) is 5.91 Å². The van der Waals surface area contributed by atoms with E-state index in [-0.39, 0.29) is 12.5 Å². The molecule has 0 radical (unpaired) electrons. The molecule has 3 aromatic carbocycles. The molecular formula is C22H20N2O2. The maximum Gasteiger partial charge on any atom is 0.268 e. The van der Waals surface area contributed by atoms with E-state index in [9.17, 15) is 4.79 Å². The Bertz CT molecular complexity index is 834. The zero-order valence-corrected chi connectivity index (χ0v) is 14.4. The second-order valence-electron chi connectivity index (χ2n) is 5.72. The summed E-state index contributed by atoms with van der Waals surface area (Å²) in [5.41, 5.74) is 2.80. The smallest absolute Gasteiger partial charge is 0.268 e. The van der Waals surface area contributed by atoms with Gasteiger partial charge in [0.15, 0.2) is 6.61 Å². The summed E-state index contributed by atoms with van der Waals surface area (Å²) in [6.07, 6.45) is 1.59. The molecule has 0 saturated heterocycles. The van der Waals surface area contributed by atoms with Gasteiger partial charge < -0.3 is 9.74 Å². The first-order valence-electron chi connectivity index (χ1n) is 8.42. The van der Waals surface area contributed by atoms with Gasteiger partial charge in [-0.05, 0) is 23.3 Å². The van der Waals surface area contributed by atoms with Gasteiger partial charge in [-0.1, -0.05) is 84.0 Å². The molecule has 26 heavy (non-hydrogen) atoms. The number of hydrogen-bond acceptors (Lipinski definition) is 3. The van der Waals surface area contributed by atoms with E-state index < -0.39 is 0 Å². The van der Waals surface area contributed by atoms with Crippen LogP contribution in [0.1, 0.15) is 11.1 Å². The fourth-order valence-corrected chi connectivity index (χ4v) is 2.51. The molecule has 0 spiro atoms. The lowest BCUT2D eigenvalue weighted by molar-refractivity contribution is -0.123. The van der Waals surface area contributed by atoms with Crippen LogP contribution in [0.4, 0.5) is 5.69 Å². The van der Waals surface area contributed by atoms with Crippen LogP contribution in [0.5, 0.6) is 0 Å². The van der Waals surface area contributed by atoms with Gasteiger partial charge in [-0.2, -0.15) is 0 Å². The molecule has 0 unspecified atom stereocenters. The first-order chi connectivity index (χ1) is 12.8. The lowest BCUT2D eigenvalue weighted by atomic mass is 10.2. The molecular weight excluding hydrogens is 324 g/mol. The Morgan fingerprint density at radius 1 is 0.846 bits per heavy atom. The van der Waals surface area contributed by atoms with Gasteiger partial charge in [0.2, 0.25) is 0 Å². The molecule has 0 heterocycles. The van der Waals surface area contributed by atoms with Gasteiger partial charge in [0.1, 0.15) is 0 Å². The number of para-hydroxylation sites is 1. The van der Waals surface area contributed by atoms with Crippen molar-refractivity contribution in [2.75, 3.05) is 11.5 Å². The van der Waals surface area contributed by atoms with E-state index in [1.165, 1.54) is 0 Å². The number of carbonyl (C=O) groups excluding carboxylic acids is 1. The normalized spacial score (nSPS) is 10.6. The largest absolute Gasteiger partial charge is 0.386 e. The average Bonchev–Trinajstić information content (AvgIpc) is 2.71. The summed E-state index contributed by atoms with van der Waals surface area (Å²) in [6, 6.07) is 29.1. The standard InChI is InChI=1S/C22H20N2O2/c25-22(18-26-23-16-19-10-4-1-5-11-19)24(21-14-8-3-9-15-21)17-20-12-6-2-7-13-20/h1-16H,17-18H2. The third-order valence-corrected chi connectivity index (χ3v) is 3.82. The molecule has 0 aliphatic heterocycles. The zero-order valence-electron chi connectivity index (χ0n) is 14.4. The number of carbonyl (C=O) groups is 1. The molecule has 3 aromatic rings. The average molecular weight is 344 g/mol. The van der Waals surface area contributed by atoms with E-state index in [2.05, 4.69) is 5.16 Å². The van der Waals surface area contributed by atoms with Crippen molar-refractivity contribution in [2.45, 2.75) is 6.54 Å². The molecule has 0 aliphatic carbocycles. The summed E-state index contributed by atoms with van der Waals surface area (Å²) < 4.78 is 0. The maximum absolute atomic E-state index is 12.7. The van der Waals surface area contributed by atoms with Crippen molar-refractivity contribution < 1.29 is 9.63 Å². The van der Waals surface area contributed by atoms with E-state index in [1.54, 1.807) is 11.1 Å². The van der Waals surface area contributed by atoms with Crippen molar-refractivity contribution in [3.05, 3.63) is 102 Å². The topological polar surface area (TPSA) is 41.9 Å². The Hall–Kier alpha value is -3.40. The summed E-state index contributed by atoms with van der Waals surface area (Å²) >= 11 is 0. The molecule has 0 bridgehead atoms. The van der Waals surface area contributed by atoms with E-state index in [1.807, 2.05) is 91.0 Å². The summed E-state index contributed by atoms with van der Waals surface area (Å²) in [5.74, 6) is -0.148. The molecule has 0 saturated carbocycles. The number of anilines is 1. The Labute approximate surface area is 153 Å². The number of hydrogen-bond donors (Lipinski definition) is 0. The Kier molecular flexibility index (Phi) is 6.15. The fraction of sp³-hybridized carbons (Fsp3) is 0.0909. The molecule has 0 aliphatic rings. The Morgan fingerprint density at radius 2 is 1.42 bits per heavy atom. The van der Waals surface area contributed by atoms with Gasteiger partial charge in [-0.3, -0.25) is 4.79 Å². The number of benzene rings is 3. The highest BCUT2D eigenvalue weighted by Crippen LogP contribution is 2.17. The van der Waals surface area contributed by atoms with Crippen LogP contribution < -0.4 is 4.90 Å². The van der Waals surface area contributed by atoms with E-state index in [4.69, 9.17) is 4.84 Å². The van der Waals surface area contributed by atoms with Crippen molar-refractivity contribution in [3.8, 4) is 0 Å². The lowest BCUT2D eigenvalue weighted by Gasteiger charge is -2.22. The molecule has 0 atom stereocenters. The van der Waals surface area contributed by atoms with Crippen LogP contribution in [-0.2, 0) is 16.2 Å². The SMILES string of the molecule is O=C(CON=Cc1ccccc1)N(Cc1ccccc1)c1ccccc1. The van der Waals surface area contributed by atoms with Crippen molar-refractivity contribution in [1.29, 1.82) is 0 Å². The highest BCUT2D eigenvalue weighted by molar-refractivity contribution is 5.94. The summed E-state index contributed by atoms with van der Waals surface area (Å²) in [4.78, 5) is 19.6. The van der Waals surface area contributed by atoms with Crippen molar-refractivity contribution in [3.63, 3.8) is 0 Å². The van der Waals surface area contributed by atoms with E-state index in [0.717, 1.165) is 16.8 Å². The third-order valence-electron chi connectivity index (χ3n) is 3.82. The van der Waals surface area contributed by atoms with Gasteiger partial charge in [0.05, 0.1) is 12.8 Å². The number of amides is 1. The molecule has 1 amide bonds. The van der Waals surface area contributed by atoms with E-state index >= 15 is 0 Å². The van der Waals surface area contributed by atoms with Crippen LogP contribution in [0.25, 0.3) is 0 Å². The second kappa shape index (κ2) is 9.18. The Morgan fingerprint density at radius 3 is 2.08 bits per heavy atom. The molecule has 130 valence electrons. The maximum atomic E-state index is 12.7. The minimum atomic E-state index is -0.148. The van der Waals surface area contributed by atoms with Crippen LogP contribution in [0, 0.1) is 0 Å². The number of rotatable bonds is 7. The molecule has 4 heteroatoms. The number of nitrogens with zero attached hydrogens (tertiary/aromatic N) is 2. The van der Waals surface area contributed by atoms with Crippen LogP contribution >= 0.6 is 0 Å². The van der Waals surface area contributed by atoms with Crippen molar-refractivity contribution in [1.82, 2.24) is 0 Å². The van der Waals surface area contributed by atoms with E-state index in [0.29, 0.717) is 6.54 Å².